The van der Waals surface area contributed by atoms with Crippen molar-refractivity contribution in [1.82, 2.24) is 0 Å². The van der Waals surface area contributed by atoms with Gasteiger partial charge in [0, 0.05) is 0 Å². The molecule has 0 bridgehead atoms. The Kier molecular flexibility index (Phi) is 2.27. The molecule has 0 aromatic rings. The van der Waals surface area contributed by atoms with Crippen molar-refractivity contribution in [3.8, 4) is 0 Å². The largest absolute Gasteiger partial charge is 0.464 e. The zero-order valence-corrected chi connectivity index (χ0v) is 6.29. The Morgan fingerprint density at radius 3 is 2.70 bits per heavy atom. The molecule has 1 heterocycles. The molecule has 1 aliphatic rings. The van der Waals surface area contributed by atoms with Crippen LogP contribution in [0.15, 0.2) is 0 Å². The second kappa shape index (κ2) is 3.01. The van der Waals surface area contributed by atoms with Gasteiger partial charge in [-0.2, -0.15) is 0 Å². The van der Waals surface area contributed by atoms with Gasteiger partial charge in [-0.05, 0) is 13.3 Å². The predicted octanol–water partition coefficient (Wildman–Crippen LogP) is 0.727. The van der Waals surface area contributed by atoms with E-state index >= 15 is 0 Å². The number of hydrogen-bond donors (Lipinski definition) is 0. The summed E-state index contributed by atoms with van der Waals surface area (Å²) in [5.41, 5.74) is 0. The van der Waals surface area contributed by atoms with Crippen LogP contribution in [0.4, 0.5) is 0 Å². The SMILES string of the molecule is CCOC(=O)C1OC1CC. The van der Waals surface area contributed by atoms with E-state index in [0.717, 1.165) is 6.42 Å². The van der Waals surface area contributed by atoms with Gasteiger partial charge in [0.05, 0.1) is 12.7 Å². The molecular formula is C7H12O3. The van der Waals surface area contributed by atoms with Gasteiger partial charge in [0.15, 0.2) is 6.10 Å². The summed E-state index contributed by atoms with van der Waals surface area (Å²) in [6.07, 6.45) is 0.757. The van der Waals surface area contributed by atoms with Crippen molar-refractivity contribution < 1.29 is 14.3 Å². The van der Waals surface area contributed by atoms with Gasteiger partial charge in [0.25, 0.3) is 0 Å². The molecule has 1 saturated heterocycles. The number of carbonyl (C=O) groups excluding carboxylic acids is 1. The third-order valence-corrected chi connectivity index (χ3v) is 1.50. The first-order chi connectivity index (χ1) is 4.79. The Hall–Kier alpha value is -0.570. The van der Waals surface area contributed by atoms with Crippen LogP contribution in [0.25, 0.3) is 0 Å². The molecule has 2 unspecified atom stereocenters. The zero-order chi connectivity index (χ0) is 7.56. The second-order valence-corrected chi connectivity index (χ2v) is 2.26. The minimum Gasteiger partial charge on any atom is -0.464 e. The third kappa shape index (κ3) is 1.48. The second-order valence-electron chi connectivity index (χ2n) is 2.26. The summed E-state index contributed by atoms with van der Waals surface area (Å²) in [5, 5.41) is 0. The number of hydrogen-bond acceptors (Lipinski definition) is 3. The van der Waals surface area contributed by atoms with Crippen LogP contribution < -0.4 is 0 Å². The molecule has 0 spiro atoms. The van der Waals surface area contributed by atoms with Crippen molar-refractivity contribution in [3.63, 3.8) is 0 Å². The van der Waals surface area contributed by atoms with Crippen LogP contribution in [0.5, 0.6) is 0 Å². The molecule has 2 atom stereocenters. The molecular weight excluding hydrogens is 132 g/mol. The van der Waals surface area contributed by atoms with Gasteiger partial charge in [0.1, 0.15) is 0 Å². The monoisotopic (exact) mass is 144 g/mol. The first kappa shape index (κ1) is 7.54. The molecule has 0 N–H and O–H groups in total. The normalized spacial score (nSPS) is 29.8. The summed E-state index contributed by atoms with van der Waals surface area (Å²) in [4.78, 5) is 10.8. The van der Waals surface area contributed by atoms with Gasteiger partial charge in [0.2, 0.25) is 0 Å². The van der Waals surface area contributed by atoms with Gasteiger partial charge < -0.3 is 9.47 Å². The maximum absolute atomic E-state index is 10.8. The van der Waals surface area contributed by atoms with Crippen molar-refractivity contribution in [2.24, 2.45) is 0 Å². The highest BCUT2D eigenvalue weighted by Gasteiger charge is 2.44. The molecule has 0 radical (unpaired) electrons. The summed E-state index contributed by atoms with van der Waals surface area (Å²) in [6, 6.07) is 0. The summed E-state index contributed by atoms with van der Waals surface area (Å²) in [6.45, 7) is 4.22. The van der Waals surface area contributed by atoms with E-state index in [-0.39, 0.29) is 18.2 Å². The van der Waals surface area contributed by atoms with Crippen molar-refractivity contribution >= 4 is 5.97 Å². The standard InChI is InChI=1S/C7H12O3/c1-3-5-6(10-5)7(8)9-4-2/h5-6H,3-4H2,1-2H3. The first-order valence-corrected chi connectivity index (χ1v) is 3.61. The van der Waals surface area contributed by atoms with E-state index in [1.165, 1.54) is 0 Å². The molecule has 1 aliphatic heterocycles. The molecule has 0 amide bonds. The van der Waals surface area contributed by atoms with Crippen LogP contribution in [0, 0.1) is 0 Å². The van der Waals surface area contributed by atoms with Crippen LogP contribution in [0.2, 0.25) is 0 Å². The molecule has 3 heteroatoms. The van der Waals surface area contributed by atoms with E-state index in [0.29, 0.717) is 6.61 Å². The zero-order valence-electron chi connectivity index (χ0n) is 6.29. The summed E-state index contributed by atoms with van der Waals surface area (Å²) >= 11 is 0. The first-order valence-electron chi connectivity index (χ1n) is 3.61. The maximum Gasteiger partial charge on any atom is 0.337 e. The van der Waals surface area contributed by atoms with Crippen LogP contribution in [0.3, 0.4) is 0 Å². The smallest absolute Gasteiger partial charge is 0.337 e. The molecule has 0 aromatic carbocycles. The summed E-state index contributed by atoms with van der Waals surface area (Å²) in [5.74, 6) is -0.214. The van der Waals surface area contributed by atoms with Gasteiger partial charge in [-0.3, -0.25) is 0 Å². The van der Waals surface area contributed by atoms with Crippen molar-refractivity contribution in [2.45, 2.75) is 32.5 Å². The Morgan fingerprint density at radius 1 is 1.60 bits per heavy atom. The van der Waals surface area contributed by atoms with E-state index in [2.05, 4.69) is 0 Å². The van der Waals surface area contributed by atoms with Crippen LogP contribution in [-0.4, -0.2) is 24.8 Å². The minimum absolute atomic E-state index is 0.124. The lowest BCUT2D eigenvalue weighted by atomic mass is 10.2. The Morgan fingerprint density at radius 2 is 2.30 bits per heavy atom. The highest BCUT2D eigenvalue weighted by Crippen LogP contribution is 2.25. The van der Waals surface area contributed by atoms with Crippen LogP contribution >= 0.6 is 0 Å². The maximum atomic E-state index is 10.8. The van der Waals surface area contributed by atoms with Crippen molar-refractivity contribution in [1.29, 1.82) is 0 Å². The van der Waals surface area contributed by atoms with Gasteiger partial charge >= 0.3 is 5.97 Å². The molecule has 0 saturated carbocycles. The van der Waals surface area contributed by atoms with Crippen molar-refractivity contribution in [2.75, 3.05) is 6.61 Å². The molecule has 3 nitrogen and oxygen atoms in total. The quantitative estimate of drug-likeness (QED) is 0.433. The molecule has 10 heavy (non-hydrogen) atoms. The average molecular weight is 144 g/mol. The number of carbonyl (C=O) groups is 1. The minimum atomic E-state index is -0.259. The van der Waals surface area contributed by atoms with Gasteiger partial charge in [-0.25, -0.2) is 4.79 Å². The molecule has 0 aromatic heterocycles. The fraction of sp³-hybridized carbons (Fsp3) is 0.857. The van der Waals surface area contributed by atoms with Crippen LogP contribution in [0.1, 0.15) is 20.3 Å². The fourth-order valence-corrected chi connectivity index (χ4v) is 0.885. The lowest BCUT2D eigenvalue weighted by Gasteiger charge is -1.94. The number of esters is 1. The number of epoxide rings is 1. The number of ether oxygens (including phenoxy) is 2. The van der Waals surface area contributed by atoms with Crippen LogP contribution in [-0.2, 0) is 14.3 Å². The highest BCUT2D eigenvalue weighted by atomic mass is 16.6. The number of rotatable bonds is 3. The molecule has 58 valence electrons. The van der Waals surface area contributed by atoms with E-state index < -0.39 is 0 Å². The molecule has 1 fully saturated rings. The third-order valence-electron chi connectivity index (χ3n) is 1.50. The highest BCUT2D eigenvalue weighted by molar-refractivity contribution is 5.77. The van der Waals surface area contributed by atoms with E-state index in [1.54, 1.807) is 6.92 Å². The average Bonchev–Trinajstić information content (AvgIpc) is 2.66. The lowest BCUT2D eigenvalue weighted by Crippen LogP contribution is -2.13. The molecule has 1 rings (SSSR count). The Labute approximate surface area is 60.3 Å². The van der Waals surface area contributed by atoms with Crippen molar-refractivity contribution in [3.05, 3.63) is 0 Å². The Balaban J connectivity index is 2.19. The topological polar surface area (TPSA) is 38.8 Å². The van der Waals surface area contributed by atoms with Gasteiger partial charge in [-0.1, -0.05) is 6.92 Å². The van der Waals surface area contributed by atoms with E-state index in [4.69, 9.17) is 9.47 Å². The predicted molar refractivity (Wildman–Crippen MR) is 35.6 cm³/mol. The van der Waals surface area contributed by atoms with Gasteiger partial charge in [-0.15, -0.1) is 0 Å². The van der Waals surface area contributed by atoms with E-state index in [9.17, 15) is 4.79 Å². The Bertz CT molecular complexity index is 133. The summed E-state index contributed by atoms with van der Waals surface area (Å²) in [7, 11) is 0. The summed E-state index contributed by atoms with van der Waals surface area (Å²) < 4.78 is 9.74. The lowest BCUT2D eigenvalue weighted by molar-refractivity contribution is -0.144. The molecule has 0 aliphatic carbocycles. The van der Waals surface area contributed by atoms with E-state index in [1.807, 2.05) is 6.92 Å². The fourth-order valence-electron chi connectivity index (χ4n) is 0.885.